The highest BCUT2D eigenvalue weighted by Crippen LogP contribution is 2.12. The zero-order valence-corrected chi connectivity index (χ0v) is 12.1. The molecular weight excluding hydrogens is 240 g/mol. The van der Waals surface area contributed by atoms with Gasteiger partial charge in [-0.3, -0.25) is 9.59 Å². The van der Waals surface area contributed by atoms with E-state index < -0.39 is 5.41 Å². The van der Waals surface area contributed by atoms with Crippen LogP contribution < -0.4 is 5.32 Å². The van der Waals surface area contributed by atoms with Crippen molar-refractivity contribution >= 4 is 11.8 Å². The second-order valence-electron chi connectivity index (χ2n) is 5.67. The molecular formula is C15H22N2O2. The standard InChI is InChI=1S/C15H22N2O2/c1-15(2,3)14(19)16-10-13(18)17(4)11-12-8-6-5-7-9-12/h5-9H,10-11H2,1-4H3,(H,16,19). The van der Waals surface area contributed by atoms with Gasteiger partial charge in [0.2, 0.25) is 11.8 Å². The Morgan fingerprint density at radius 2 is 1.74 bits per heavy atom. The molecule has 0 fully saturated rings. The predicted octanol–water partition coefficient (Wildman–Crippen LogP) is 1.81. The van der Waals surface area contributed by atoms with E-state index in [4.69, 9.17) is 0 Å². The summed E-state index contributed by atoms with van der Waals surface area (Å²) in [5.74, 6) is -0.213. The monoisotopic (exact) mass is 262 g/mol. The molecule has 0 aliphatic rings. The quantitative estimate of drug-likeness (QED) is 0.899. The second kappa shape index (κ2) is 6.36. The molecule has 0 saturated heterocycles. The van der Waals surface area contributed by atoms with Crippen molar-refractivity contribution in [3.63, 3.8) is 0 Å². The lowest BCUT2D eigenvalue weighted by molar-refractivity contribution is -0.134. The van der Waals surface area contributed by atoms with E-state index in [1.165, 1.54) is 0 Å². The fourth-order valence-electron chi connectivity index (χ4n) is 1.50. The van der Waals surface area contributed by atoms with Crippen LogP contribution in [0.3, 0.4) is 0 Å². The van der Waals surface area contributed by atoms with Crippen LogP contribution in [-0.2, 0) is 16.1 Å². The lowest BCUT2D eigenvalue weighted by atomic mass is 9.96. The topological polar surface area (TPSA) is 49.4 Å². The van der Waals surface area contributed by atoms with Crippen LogP contribution in [0, 0.1) is 5.41 Å². The fourth-order valence-corrected chi connectivity index (χ4v) is 1.50. The summed E-state index contributed by atoms with van der Waals surface area (Å²) in [6, 6.07) is 9.76. The summed E-state index contributed by atoms with van der Waals surface area (Å²) in [5.41, 5.74) is 0.596. The largest absolute Gasteiger partial charge is 0.347 e. The summed E-state index contributed by atoms with van der Waals surface area (Å²) < 4.78 is 0. The molecule has 4 nitrogen and oxygen atoms in total. The van der Waals surface area contributed by atoms with E-state index in [2.05, 4.69) is 5.32 Å². The van der Waals surface area contributed by atoms with Crippen LogP contribution in [-0.4, -0.2) is 30.3 Å². The molecule has 0 saturated carbocycles. The smallest absolute Gasteiger partial charge is 0.242 e. The zero-order chi connectivity index (χ0) is 14.5. The number of hydrogen-bond donors (Lipinski definition) is 1. The molecule has 0 radical (unpaired) electrons. The SMILES string of the molecule is CN(Cc1ccccc1)C(=O)CNC(=O)C(C)(C)C. The first-order chi connectivity index (χ1) is 8.80. The summed E-state index contributed by atoms with van der Waals surface area (Å²) in [7, 11) is 1.73. The third-order valence-corrected chi connectivity index (χ3v) is 2.77. The molecule has 0 spiro atoms. The minimum absolute atomic E-state index is 0.0411. The first kappa shape index (κ1) is 15.2. The average molecular weight is 262 g/mol. The van der Waals surface area contributed by atoms with Crippen LogP contribution in [0.5, 0.6) is 0 Å². The lowest BCUT2D eigenvalue weighted by Crippen LogP contribution is -2.42. The van der Waals surface area contributed by atoms with Gasteiger partial charge < -0.3 is 10.2 Å². The molecule has 19 heavy (non-hydrogen) atoms. The van der Waals surface area contributed by atoms with Crippen molar-refractivity contribution < 1.29 is 9.59 Å². The first-order valence-corrected chi connectivity index (χ1v) is 6.37. The minimum atomic E-state index is -0.474. The highest BCUT2D eigenvalue weighted by atomic mass is 16.2. The average Bonchev–Trinajstić information content (AvgIpc) is 2.35. The molecule has 0 aliphatic carbocycles. The Balaban J connectivity index is 2.44. The molecule has 1 aromatic carbocycles. The van der Waals surface area contributed by atoms with Gasteiger partial charge in [0.15, 0.2) is 0 Å². The summed E-state index contributed by atoms with van der Waals surface area (Å²) in [5, 5.41) is 2.66. The number of amides is 2. The van der Waals surface area contributed by atoms with Gasteiger partial charge in [0.05, 0.1) is 6.54 Å². The van der Waals surface area contributed by atoms with E-state index in [9.17, 15) is 9.59 Å². The van der Waals surface area contributed by atoms with Crippen LogP contribution in [0.4, 0.5) is 0 Å². The van der Waals surface area contributed by atoms with Crippen molar-refractivity contribution in [3.05, 3.63) is 35.9 Å². The van der Waals surface area contributed by atoms with Gasteiger partial charge in [-0.1, -0.05) is 51.1 Å². The third-order valence-electron chi connectivity index (χ3n) is 2.77. The number of carbonyl (C=O) groups is 2. The lowest BCUT2D eigenvalue weighted by Gasteiger charge is -2.20. The summed E-state index contributed by atoms with van der Waals surface area (Å²) in [6.45, 7) is 6.05. The molecule has 0 heterocycles. The Hall–Kier alpha value is -1.84. The van der Waals surface area contributed by atoms with Crippen LogP contribution in [0.2, 0.25) is 0 Å². The molecule has 0 aromatic heterocycles. The Morgan fingerprint density at radius 3 is 2.26 bits per heavy atom. The third kappa shape index (κ3) is 5.12. The van der Waals surface area contributed by atoms with E-state index in [1.807, 2.05) is 51.1 Å². The van der Waals surface area contributed by atoms with Crippen LogP contribution in [0.25, 0.3) is 0 Å². The molecule has 1 N–H and O–H groups in total. The van der Waals surface area contributed by atoms with Crippen molar-refractivity contribution in [2.45, 2.75) is 27.3 Å². The van der Waals surface area contributed by atoms with E-state index in [0.29, 0.717) is 6.54 Å². The van der Waals surface area contributed by atoms with Crippen molar-refractivity contribution in [1.29, 1.82) is 0 Å². The Kier molecular flexibility index (Phi) is 5.10. The van der Waals surface area contributed by atoms with Crippen LogP contribution in [0.1, 0.15) is 26.3 Å². The van der Waals surface area contributed by atoms with Gasteiger partial charge in [0, 0.05) is 19.0 Å². The molecule has 0 bridgehead atoms. The number of likely N-dealkylation sites (N-methyl/N-ethyl adjacent to an activating group) is 1. The zero-order valence-electron chi connectivity index (χ0n) is 12.1. The number of rotatable bonds is 4. The summed E-state index contributed by atoms with van der Waals surface area (Å²) in [6.07, 6.45) is 0. The van der Waals surface area contributed by atoms with Crippen molar-refractivity contribution in [2.24, 2.45) is 5.41 Å². The maximum Gasteiger partial charge on any atom is 0.242 e. The van der Waals surface area contributed by atoms with Gasteiger partial charge in [-0.25, -0.2) is 0 Å². The molecule has 104 valence electrons. The van der Waals surface area contributed by atoms with Gasteiger partial charge >= 0.3 is 0 Å². The Labute approximate surface area is 114 Å². The molecule has 1 rings (SSSR count). The summed E-state index contributed by atoms with van der Waals surface area (Å²) in [4.78, 5) is 25.2. The van der Waals surface area contributed by atoms with Gasteiger partial charge in [-0.2, -0.15) is 0 Å². The molecule has 4 heteroatoms. The predicted molar refractivity (Wildman–Crippen MR) is 75.4 cm³/mol. The normalized spacial score (nSPS) is 10.9. The fraction of sp³-hybridized carbons (Fsp3) is 0.467. The maximum absolute atomic E-state index is 11.9. The molecule has 1 aromatic rings. The van der Waals surface area contributed by atoms with Crippen molar-refractivity contribution in [1.82, 2.24) is 10.2 Å². The maximum atomic E-state index is 11.9. The van der Waals surface area contributed by atoms with Gasteiger partial charge in [0.25, 0.3) is 0 Å². The minimum Gasteiger partial charge on any atom is -0.347 e. The number of carbonyl (C=O) groups excluding carboxylic acids is 2. The number of nitrogens with zero attached hydrogens (tertiary/aromatic N) is 1. The van der Waals surface area contributed by atoms with Gasteiger partial charge in [-0.15, -0.1) is 0 Å². The first-order valence-electron chi connectivity index (χ1n) is 6.37. The summed E-state index contributed by atoms with van der Waals surface area (Å²) >= 11 is 0. The Bertz CT molecular complexity index is 435. The van der Waals surface area contributed by atoms with E-state index in [1.54, 1.807) is 11.9 Å². The number of benzene rings is 1. The molecule has 0 unspecified atom stereocenters. The van der Waals surface area contributed by atoms with Gasteiger partial charge in [-0.05, 0) is 5.56 Å². The van der Waals surface area contributed by atoms with Crippen LogP contribution in [0.15, 0.2) is 30.3 Å². The highest BCUT2D eigenvalue weighted by molar-refractivity contribution is 5.87. The number of nitrogens with one attached hydrogen (secondary N) is 1. The molecule has 0 atom stereocenters. The van der Waals surface area contributed by atoms with Crippen molar-refractivity contribution in [2.75, 3.05) is 13.6 Å². The second-order valence-corrected chi connectivity index (χ2v) is 5.67. The number of hydrogen-bond acceptors (Lipinski definition) is 2. The molecule has 2 amide bonds. The van der Waals surface area contributed by atoms with Crippen LogP contribution >= 0.6 is 0 Å². The van der Waals surface area contributed by atoms with E-state index in [-0.39, 0.29) is 18.4 Å². The van der Waals surface area contributed by atoms with Crippen molar-refractivity contribution in [3.8, 4) is 0 Å². The highest BCUT2D eigenvalue weighted by Gasteiger charge is 2.22. The Morgan fingerprint density at radius 1 is 1.16 bits per heavy atom. The van der Waals surface area contributed by atoms with E-state index in [0.717, 1.165) is 5.56 Å². The van der Waals surface area contributed by atoms with E-state index >= 15 is 0 Å². The molecule has 0 aliphatic heterocycles. The van der Waals surface area contributed by atoms with Gasteiger partial charge in [0.1, 0.15) is 0 Å².